The number of ether oxygens (including phenoxy) is 1. The second-order valence-electron chi connectivity index (χ2n) is 7.76. The number of likely N-dealkylation sites (tertiary alicyclic amines) is 1. The Labute approximate surface area is 161 Å². The Kier molecular flexibility index (Phi) is 5.25. The first kappa shape index (κ1) is 19.7. The van der Waals surface area contributed by atoms with Crippen molar-refractivity contribution in [3.05, 3.63) is 35.2 Å². The zero-order valence-electron chi connectivity index (χ0n) is 15.5. The summed E-state index contributed by atoms with van der Waals surface area (Å²) < 4.78 is 35.4. The molecular weight excluding hydrogens is 376 g/mol. The molecule has 0 saturated carbocycles. The summed E-state index contributed by atoms with van der Waals surface area (Å²) in [6.07, 6.45) is 1.41. The van der Waals surface area contributed by atoms with Gasteiger partial charge in [-0.1, -0.05) is 11.6 Å². The maximum atomic E-state index is 15.0. The number of carbonyl (C=O) groups is 1. The number of rotatable bonds is 2. The number of pyridine rings is 2. The van der Waals surface area contributed by atoms with Gasteiger partial charge >= 0.3 is 6.09 Å². The number of fused-ring (bicyclic) bond motifs is 1. The zero-order valence-corrected chi connectivity index (χ0v) is 16.3. The molecular formula is C19H22ClF2N3O2. The summed E-state index contributed by atoms with van der Waals surface area (Å²) in [5.41, 5.74) is -0.505. The van der Waals surface area contributed by atoms with Crippen molar-refractivity contribution < 1.29 is 18.3 Å². The first-order valence-corrected chi connectivity index (χ1v) is 9.22. The fourth-order valence-corrected chi connectivity index (χ4v) is 3.29. The second kappa shape index (κ2) is 7.19. The Morgan fingerprint density at radius 2 is 1.93 bits per heavy atom. The van der Waals surface area contributed by atoms with Crippen LogP contribution in [0.4, 0.5) is 13.6 Å². The van der Waals surface area contributed by atoms with Crippen LogP contribution in [0.3, 0.4) is 0 Å². The van der Waals surface area contributed by atoms with Gasteiger partial charge in [0.1, 0.15) is 16.4 Å². The van der Waals surface area contributed by atoms with Gasteiger partial charge in [-0.15, -0.1) is 0 Å². The van der Waals surface area contributed by atoms with Crippen molar-refractivity contribution in [3.8, 4) is 0 Å². The van der Waals surface area contributed by atoms with E-state index in [0.717, 1.165) is 0 Å². The average molecular weight is 398 g/mol. The van der Waals surface area contributed by atoms with Gasteiger partial charge in [-0.05, 0) is 45.7 Å². The third-order valence-electron chi connectivity index (χ3n) is 4.54. The van der Waals surface area contributed by atoms with Crippen molar-refractivity contribution in [3.63, 3.8) is 0 Å². The fourth-order valence-electron chi connectivity index (χ4n) is 3.14. The number of hydrogen-bond donors (Lipinski definition) is 0. The van der Waals surface area contributed by atoms with E-state index in [1.165, 1.54) is 23.2 Å². The Bertz CT molecular complexity index is 846. The number of piperidine rings is 1. The number of amides is 1. The number of halogens is 3. The summed E-state index contributed by atoms with van der Waals surface area (Å²) in [7, 11) is 0. The van der Waals surface area contributed by atoms with Crippen LogP contribution < -0.4 is 0 Å². The van der Waals surface area contributed by atoms with E-state index in [-0.39, 0.29) is 36.8 Å². The van der Waals surface area contributed by atoms with Crippen LogP contribution in [0.15, 0.2) is 24.4 Å². The lowest BCUT2D eigenvalue weighted by Crippen LogP contribution is -2.44. The summed E-state index contributed by atoms with van der Waals surface area (Å²) in [6.45, 7) is 5.80. The molecule has 1 aliphatic rings. The molecule has 146 valence electrons. The first-order chi connectivity index (χ1) is 12.6. The molecule has 5 nitrogen and oxygen atoms in total. The van der Waals surface area contributed by atoms with Gasteiger partial charge in [-0.25, -0.2) is 14.8 Å². The maximum Gasteiger partial charge on any atom is 0.410 e. The number of carbonyl (C=O) groups excluding carboxylic acids is 1. The van der Waals surface area contributed by atoms with E-state index in [1.54, 1.807) is 26.8 Å². The monoisotopic (exact) mass is 397 g/mol. The topological polar surface area (TPSA) is 55.3 Å². The van der Waals surface area contributed by atoms with Gasteiger partial charge in [0.05, 0.1) is 5.52 Å². The Balaban J connectivity index is 1.72. The van der Waals surface area contributed by atoms with Gasteiger partial charge in [0.2, 0.25) is 0 Å². The molecule has 0 bridgehead atoms. The van der Waals surface area contributed by atoms with Crippen molar-refractivity contribution in [1.82, 2.24) is 14.9 Å². The predicted molar refractivity (Wildman–Crippen MR) is 99.0 cm³/mol. The second-order valence-corrected chi connectivity index (χ2v) is 8.15. The van der Waals surface area contributed by atoms with E-state index in [2.05, 4.69) is 9.97 Å². The zero-order chi connectivity index (χ0) is 19.8. The summed E-state index contributed by atoms with van der Waals surface area (Å²) >= 11 is 5.84. The summed E-state index contributed by atoms with van der Waals surface area (Å²) in [6, 6.07) is 4.38. The van der Waals surface area contributed by atoms with Crippen molar-refractivity contribution in [2.45, 2.75) is 45.1 Å². The molecule has 0 spiro atoms. The van der Waals surface area contributed by atoms with E-state index < -0.39 is 23.5 Å². The quantitative estimate of drug-likeness (QED) is 0.667. The highest BCUT2D eigenvalue weighted by molar-refractivity contribution is 6.29. The van der Waals surface area contributed by atoms with E-state index in [1.807, 2.05) is 0 Å². The lowest BCUT2D eigenvalue weighted by Gasteiger charge is -2.36. The van der Waals surface area contributed by atoms with Crippen LogP contribution >= 0.6 is 11.6 Å². The van der Waals surface area contributed by atoms with Crippen LogP contribution in [0.1, 0.15) is 39.3 Å². The van der Waals surface area contributed by atoms with Crippen LogP contribution in [0.5, 0.6) is 0 Å². The van der Waals surface area contributed by atoms with Crippen LogP contribution in [-0.4, -0.2) is 39.7 Å². The molecule has 3 heterocycles. The molecule has 1 amide bonds. The minimum absolute atomic E-state index is 0.184. The van der Waals surface area contributed by atoms with E-state index in [9.17, 15) is 4.79 Å². The van der Waals surface area contributed by atoms with Gasteiger partial charge in [-0.2, -0.15) is 8.78 Å². The molecule has 0 N–H and O–H groups in total. The van der Waals surface area contributed by atoms with Crippen LogP contribution in [0.25, 0.3) is 10.9 Å². The number of alkyl halides is 2. The number of nitrogens with zero attached hydrogens (tertiary/aromatic N) is 3. The number of aromatic nitrogens is 2. The highest BCUT2D eigenvalue weighted by atomic mass is 35.5. The van der Waals surface area contributed by atoms with Crippen LogP contribution in [0, 0.1) is 5.92 Å². The van der Waals surface area contributed by atoms with Crippen molar-refractivity contribution in [1.29, 1.82) is 0 Å². The smallest absolute Gasteiger partial charge is 0.410 e. The summed E-state index contributed by atoms with van der Waals surface area (Å²) in [5.74, 6) is -3.98. The molecule has 8 heteroatoms. The van der Waals surface area contributed by atoms with Gasteiger partial charge < -0.3 is 9.64 Å². The van der Waals surface area contributed by atoms with Gasteiger partial charge in [-0.3, -0.25) is 0 Å². The molecule has 0 aromatic carbocycles. The molecule has 0 unspecified atom stereocenters. The standard InChI is InChI=1S/C19H22ClF2N3O2/c1-18(2,3)27-17(26)25-8-6-13(7-9-25)19(21,22)15-5-4-12-11-23-16(20)10-14(12)24-15/h4-5,10-11,13H,6-9H2,1-3H3. The lowest BCUT2D eigenvalue weighted by atomic mass is 9.88. The SMILES string of the molecule is CC(C)(C)OC(=O)N1CCC(C(F)(F)c2ccc3cnc(Cl)cc3n2)CC1. The average Bonchev–Trinajstić information content (AvgIpc) is 2.59. The highest BCUT2D eigenvalue weighted by Crippen LogP contribution is 2.41. The van der Waals surface area contributed by atoms with E-state index >= 15 is 8.78 Å². The Morgan fingerprint density at radius 3 is 2.56 bits per heavy atom. The molecule has 27 heavy (non-hydrogen) atoms. The molecule has 1 fully saturated rings. The van der Waals surface area contributed by atoms with Gasteiger partial charge in [0.15, 0.2) is 0 Å². The first-order valence-electron chi connectivity index (χ1n) is 8.85. The molecule has 3 rings (SSSR count). The predicted octanol–water partition coefficient (Wildman–Crippen LogP) is 5.02. The molecule has 0 aliphatic carbocycles. The molecule has 0 radical (unpaired) electrons. The van der Waals surface area contributed by atoms with Crippen molar-refractivity contribution in [2.75, 3.05) is 13.1 Å². The molecule has 1 saturated heterocycles. The van der Waals surface area contributed by atoms with Gasteiger partial charge in [0, 0.05) is 36.7 Å². The lowest BCUT2D eigenvalue weighted by molar-refractivity contribution is -0.0891. The largest absolute Gasteiger partial charge is 0.444 e. The summed E-state index contributed by atoms with van der Waals surface area (Å²) in [4.78, 5) is 21.6. The maximum absolute atomic E-state index is 15.0. The fraction of sp³-hybridized carbons (Fsp3) is 0.526. The highest BCUT2D eigenvalue weighted by Gasteiger charge is 2.44. The van der Waals surface area contributed by atoms with E-state index in [4.69, 9.17) is 16.3 Å². The van der Waals surface area contributed by atoms with Crippen LogP contribution in [0.2, 0.25) is 5.15 Å². The third kappa shape index (κ3) is 4.46. The van der Waals surface area contributed by atoms with Gasteiger partial charge in [0.25, 0.3) is 5.92 Å². The Hall–Kier alpha value is -2.02. The Morgan fingerprint density at radius 1 is 1.26 bits per heavy atom. The molecule has 1 aliphatic heterocycles. The van der Waals surface area contributed by atoms with Crippen molar-refractivity contribution >= 4 is 28.6 Å². The normalized spacial score (nSPS) is 16.6. The third-order valence-corrected chi connectivity index (χ3v) is 4.75. The number of hydrogen-bond acceptors (Lipinski definition) is 4. The van der Waals surface area contributed by atoms with Crippen molar-refractivity contribution in [2.24, 2.45) is 5.92 Å². The molecule has 0 atom stereocenters. The van der Waals surface area contributed by atoms with Crippen LogP contribution in [-0.2, 0) is 10.7 Å². The molecule has 2 aromatic rings. The summed E-state index contributed by atoms with van der Waals surface area (Å²) in [5, 5.41) is 0.861. The minimum atomic E-state index is -3.09. The molecule has 2 aromatic heterocycles. The minimum Gasteiger partial charge on any atom is -0.444 e. The van der Waals surface area contributed by atoms with E-state index in [0.29, 0.717) is 10.9 Å².